The molecule has 3 aromatic rings. The summed E-state index contributed by atoms with van der Waals surface area (Å²) in [7, 11) is 0. The summed E-state index contributed by atoms with van der Waals surface area (Å²) < 4.78 is 15.8. The molecule has 102 valence electrons. The predicted octanol–water partition coefficient (Wildman–Crippen LogP) is 2.68. The third-order valence-corrected chi connectivity index (χ3v) is 3.56. The summed E-state index contributed by atoms with van der Waals surface area (Å²) in [5.74, 6) is 0.137. The van der Waals surface area contributed by atoms with Gasteiger partial charge in [0.25, 0.3) is 0 Å². The molecule has 2 aromatic heterocycles. The molecule has 3 rings (SSSR count). The Bertz CT molecular complexity index is 838. The fraction of sp³-hybridized carbons (Fsp3) is 0.154. The van der Waals surface area contributed by atoms with Crippen LogP contribution in [0.3, 0.4) is 0 Å². The lowest BCUT2D eigenvalue weighted by atomic mass is 10.2. The van der Waals surface area contributed by atoms with E-state index in [4.69, 9.17) is 13.7 Å². The third-order valence-electron chi connectivity index (χ3n) is 2.75. The van der Waals surface area contributed by atoms with E-state index in [2.05, 4.69) is 5.16 Å². The number of fused-ring (bicyclic) bond motifs is 1. The number of carbonyl (C=O) groups excluding carboxylic acids is 1. The standard InChI is InChI=1S/C13H9NO5S/c1-6-11(7(2)19-14-6)12(15)17-8-3-4-10-9(5-8)18-13(16)20-10/h3-5H,1-2H3. The first kappa shape index (κ1) is 12.6. The summed E-state index contributed by atoms with van der Waals surface area (Å²) in [4.78, 5) is 22.8. The van der Waals surface area contributed by atoms with Crippen LogP contribution in [0, 0.1) is 13.8 Å². The van der Waals surface area contributed by atoms with E-state index < -0.39 is 10.9 Å². The highest BCUT2D eigenvalue weighted by Crippen LogP contribution is 2.24. The third kappa shape index (κ3) is 2.12. The van der Waals surface area contributed by atoms with E-state index >= 15 is 0 Å². The number of aromatic nitrogens is 1. The van der Waals surface area contributed by atoms with Gasteiger partial charge in [0.1, 0.15) is 17.1 Å². The molecule has 0 spiro atoms. The topological polar surface area (TPSA) is 82.5 Å². The normalized spacial score (nSPS) is 10.9. The van der Waals surface area contributed by atoms with Crippen LogP contribution in [-0.2, 0) is 0 Å². The van der Waals surface area contributed by atoms with Crippen LogP contribution in [0.1, 0.15) is 21.8 Å². The molecule has 0 amide bonds. The van der Waals surface area contributed by atoms with Crippen molar-refractivity contribution in [2.24, 2.45) is 0 Å². The molecule has 0 N–H and O–H groups in total. The van der Waals surface area contributed by atoms with Crippen molar-refractivity contribution in [2.75, 3.05) is 0 Å². The average Bonchev–Trinajstić information content (AvgIpc) is 2.91. The van der Waals surface area contributed by atoms with Crippen molar-refractivity contribution in [1.29, 1.82) is 0 Å². The largest absolute Gasteiger partial charge is 0.423 e. The Morgan fingerprint density at radius 1 is 1.35 bits per heavy atom. The second-order valence-electron chi connectivity index (χ2n) is 4.15. The lowest BCUT2D eigenvalue weighted by molar-refractivity contribution is 0.0732. The van der Waals surface area contributed by atoms with E-state index in [1.165, 1.54) is 6.07 Å². The van der Waals surface area contributed by atoms with Gasteiger partial charge in [-0.25, -0.2) is 9.59 Å². The highest BCUT2D eigenvalue weighted by molar-refractivity contribution is 7.16. The maximum absolute atomic E-state index is 12.0. The number of aryl methyl sites for hydroxylation is 2. The minimum Gasteiger partial charge on any atom is -0.423 e. The highest BCUT2D eigenvalue weighted by Gasteiger charge is 2.20. The zero-order valence-corrected chi connectivity index (χ0v) is 11.4. The van der Waals surface area contributed by atoms with Crippen molar-refractivity contribution in [3.8, 4) is 5.75 Å². The highest BCUT2D eigenvalue weighted by atomic mass is 32.1. The van der Waals surface area contributed by atoms with Crippen molar-refractivity contribution in [3.05, 3.63) is 45.0 Å². The molecule has 6 nitrogen and oxygen atoms in total. The lowest BCUT2D eigenvalue weighted by Gasteiger charge is -2.03. The smallest absolute Gasteiger partial charge is 0.396 e. The molecule has 0 aliphatic carbocycles. The fourth-order valence-corrected chi connectivity index (χ4v) is 2.50. The van der Waals surface area contributed by atoms with Gasteiger partial charge >= 0.3 is 10.9 Å². The maximum Gasteiger partial charge on any atom is 0.396 e. The summed E-state index contributed by atoms with van der Waals surface area (Å²) in [6.45, 7) is 3.30. The first-order chi connectivity index (χ1) is 9.54. The van der Waals surface area contributed by atoms with Gasteiger partial charge in [-0.3, -0.25) is 0 Å². The van der Waals surface area contributed by atoms with Gasteiger partial charge in [0.2, 0.25) is 0 Å². The van der Waals surface area contributed by atoms with E-state index in [9.17, 15) is 9.59 Å². The molecule has 0 aliphatic heterocycles. The molecule has 0 aliphatic rings. The van der Waals surface area contributed by atoms with E-state index in [0.717, 1.165) is 11.3 Å². The van der Waals surface area contributed by atoms with Gasteiger partial charge in [-0.1, -0.05) is 16.5 Å². The molecule has 0 saturated heterocycles. The first-order valence-electron chi connectivity index (χ1n) is 5.73. The van der Waals surface area contributed by atoms with Gasteiger partial charge in [-0.15, -0.1) is 0 Å². The second-order valence-corrected chi connectivity index (χ2v) is 5.13. The molecule has 20 heavy (non-hydrogen) atoms. The first-order valence-corrected chi connectivity index (χ1v) is 6.55. The summed E-state index contributed by atoms with van der Waals surface area (Å²) in [6, 6.07) is 4.77. The van der Waals surface area contributed by atoms with Crippen molar-refractivity contribution < 1.29 is 18.5 Å². The molecule has 0 fully saturated rings. The molecule has 0 atom stereocenters. The van der Waals surface area contributed by atoms with E-state index in [-0.39, 0.29) is 0 Å². The molecular formula is C13H9NO5S. The van der Waals surface area contributed by atoms with Crippen LogP contribution < -0.4 is 9.68 Å². The monoisotopic (exact) mass is 291 g/mol. The summed E-state index contributed by atoms with van der Waals surface area (Å²) in [5, 5.41) is 3.70. The van der Waals surface area contributed by atoms with Gasteiger partial charge in [0.05, 0.1) is 10.4 Å². The Morgan fingerprint density at radius 3 is 2.85 bits per heavy atom. The molecule has 0 radical (unpaired) electrons. The summed E-state index contributed by atoms with van der Waals surface area (Å²) in [6.07, 6.45) is 0. The van der Waals surface area contributed by atoms with Gasteiger partial charge in [0, 0.05) is 6.07 Å². The Hall–Kier alpha value is -2.41. The molecule has 7 heteroatoms. The average molecular weight is 291 g/mol. The molecule has 0 unspecified atom stereocenters. The van der Waals surface area contributed by atoms with Crippen LogP contribution >= 0.6 is 11.3 Å². The zero-order chi connectivity index (χ0) is 14.3. The van der Waals surface area contributed by atoms with Crippen LogP contribution in [-0.4, -0.2) is 11.1 Å². The van der Waals surface area contributed by atoms with E-state index in [0.29, 0.717) is 33.1 Å². The maximum atomic E-state index is 12.0. The van der Waals surface area contributed by atoms with Crippen molar-refractivity contribution >= 4 is 27.6 Å². The van der Waals surface area contributed by atoms with Crippen LogP contribution in [0.5, 0.6) is 5.75 Å². The molecule has 0 bridgehead atoms. The Morgan fingerprint density at radius 2 is 2.15 bits per heavy atom. The van der Waals surface area contributed by atoms with Crippen molar-refractivity contribution in [2.45, 2.75) is 13.8 Å². The Balaban J connectivity index is 1.93. The predicted molar refractivity (Wildman–Crippen MR) is 71.3 cm³/mol. The van der Waals surface area contributed by atoms with Crippen LogP contribution in [0.4, 0.5) is 0 Å². The molecule has 1 aromatic carbocycles. The number of nitrogens with zero attached hydrogens (tertiary/aromatic N) is 1. The number of esters is 1. The van der Waals surface area contributed by atoms with Gasteiger partial charge in [0.15, 0.2) is 5.58 Å². The van der Waals surface area contributed by atoms with Crippen LogP contribution in [0.25, 0.3) is 10.3 Å². The number of hydrogen-bond donors (Lipinski definition) is 0. The second kappa shape index (κ2) is 4.61. The SMILES string of the molecule is Cc1noc(C)c1C(=O)Oc1ccc2sc(=O)oc2c1. The molecular weight excluding hydrogens is 282 g/mol. The number of rotatable bonds is 2. The Kier molecular flexibility index (Phi) is 2.90. The lowest BCUT2D eigenvalue weighted by Crippen LogP contribution is -2.10. The number of hydrogen-bond acceptors (Lipinski definition) is 7. The van der Waals surface area contributed by atoms with E-state index in [1.54, 1.807) is 26.0 Å². The minimum absolute atomic E-state index is 0.295. The van der Waals surface area contributed by atoms with Crippen LogP contribution in [0.2, 0.25) is 0 Å². The van der Waals surface area contributed by atoms with Gasteiger partial charge in [-0.2, -0.15) is 0 Å². The molecule has 0 saturated carbocycles. The summed E-state index contributed by atoms with van der Waals surface area (Å²) in [5.41, 5.74) is 1.16. The summed E-state index contributed by atoms with van der Waals surface area (Å²) >= 11 is 0.995. The van der Waals surface area contributed by atoms with Gasteiger partial charge in [-0.05, 0) is 26.0 Å². The van der Waals surface area contributed by atoms with Gasteiger partial charge < -0.3 is 13.7 Å². The fourth-order valence-electron chi connectivity index (χ4n) is 1.85. The quantitative estimate of drug-likeness (QED) is 0.533. The minimum atomic E-state index is -0.557. The van der Waals surface area contributed by atoms with Crippen molar-refractivity contribution in [3.63, 3.8) is 0 Å². The zero-order valence-electron chi connectivity index (χ0n) is 10.6. The number of ether oxygens (including phenoxy) is 1. The van der Waals surface area contributed by atoms with Crippen molar-refractivity contribution in [1.82, 2.24) is 5.16 Å². The Labute approximate surface area is 116 Å². The molecule has 2 heterocycles. The number of benzene rings is 1. The number of carbonyl (C=O) groups is 1. The van der Waals surface area contributed by atoms with Crippen LogP contribution in [0.15, 0.2) is 31.9 Å². The van der Waals surface area contributed by atoms with E-state index in [1.807, 2.05) is 0 Å².